The third-order valence-corrected chi connectivity index (χ3v) is 4.92. The van der Waals surface area contributed by atoms with E-state index < -0.39 is 5.82 Å². The molecule has 1 atom stereocenters. The van der Waals surface area contributed by atoms with Crippen LogP contribution in [0.25, 0.3) is 5.69 Å². The Hall–Kier alpha value is -3.07. The molecule has 4 rings (SSSR count). The van der Waals surface area contributed by atoms with Crippen LogP contribution in [0.2, 0.25) is 0 Å². The topological polar surface area (TPSA) is 80.9 Å². The van der Waals surface area contributed by atoms with Gasteiger partial charge in [-0.25, -0.2) is 19.0 Å². The Labute approximate surface area is 162 Å². The Balaban J connectivity index is 1.69. The number of carbonyl (C=O) groups is 1. The van der Waals surface area contributed by atoms with E-state index in [2.05, 4.69) is 20.4 Å². The van der Waals surface area contributed by atoms with Gasteiger partial charge >= 0.3 is 0 Å². The van der Waals surface area contributed by atoms with Gasteiger partial charge in [0.25, 0.3) is 5.91 Å². The molecule has 8 nitrogen and oxygen atoms in total. The zero-order valence-electron chi connectivity index (χ0n) is 15.8. The molecule has 9 heteroatoms. The van der Waals surface area contributed by atoms with Crippen LogP contribution in [-0.2, 0) is 13.5 Å². The number of piperazine rings is 1. The molecule has 1 amide bonds. The third-order valence-electron chi connectivity index (χ3n) is 4.92. The van der Waals surface area contributed by atoms with Crippen molar-refractivity contribution in [1.82, 2.24) is 34.5 Å². The van der Waals surface area contributed by atoms with E-state index in [1.807, 2.05) is 24.7 Å². The van der Waals surface area contributed by atoms with E-state index in [1.165, 1.54) is 10.7 Å². The molecule has 0 radical (unpaired) electrons. The third kappa shape index (κ3) is 3.18. The minimum Gasteiger partial charge on any atom is -0.336 e. The lowest BCUT2D eigenvalue weighted by Crippen LogP contribution is -2.49. The number of hydrogen-bond donors (Lipinski definition) is 1. The lowest BCUT2D eigenvalue weighted by Gasteiger charge is -2.35. The number of amides is 1. The summed E-state index contributed by atoms with van der Waals surface area (Å²) >= 11 is 0. The molecule has 3 aromatic rings. The van der Waals surface area contributed by atoms with E-state index >= 15 is 0 Å². The standard InChI is InChI=1S/C19H22FN7O/c1-3-16-23-17(24-27(16)14-7-5-4-6-13(14)20)19(28)26-11-8-21-12-15(26)18-22-9-10-25(18)2/h4-7,9-10,15,21H,3,8,11-12H2,1-2H3. The van der Waals surface area contributed by atoms with Gasteiger partial charge in [0.1, 0.15) is 29.2 Å². The summed E-state index contributed by atoms with van der Waals surface area (Å²) in [4.78, 5) is 23.8. The normalized spacial score (nSPS) is 17.1. The van der Waals surface area contributed by atoms with Gasteiger partial charge < -0.3 is 14.8 Å². The van der Waals surface area contributed by atoms with Crippen LogP contribution < -0.4 is 5.32 Å². The molecule has 0 aliphatic carbocycles. The van der Waals surface area contributed by atoms with E-state index in [-0.39, 0.29) is 23.5 Å². The number of benzene rings is 1. The summed E-state index contributed by atoms with van der Waals surface area (Å²) in [6, 6.07) is 6.12. The molecule has 3 heterocycles. The van der Waals surface area contributed by atoms with Crippen LogP contribution in [0, 0.1) is 5.82 Å². The Morgan fingerprint density at radius 1 is 1.36 bits per heavy atom. The second-order valence-corrected chi connectivity index (χ2v) is 6.68. The minimum absolute atomic E-state index is 0.0706. The highest BCUT2D eigenvalue weighted by atomic mass is 19.1. The van der Waals surface area contributed by atoms with E-state index in [4.69, 9.17) is 0 Å². The van der Waals surface area contributed by atoms with Crippen molar-refractivity contribution in [2.75, 3.05) is 19.6 Å². The van der Waals surface area contributed by atoms with Gasteiger partial charge in [0.2, 0.25) is 5.82 Å². The maximum absolute atomic E-state index is 14.2. The zero-order chi connectivity index (χ0) is 19.7. The molecule has 2 aromatic heterocycles. The highest BCUT2D eigenvalue weighted by molar-refractivity contribution is 5.91. The molecule has 0 bridgehead atoms. The maximum Gasteiger partial charge on any atom is 0.294 e. The molecular weight excluding hydrogens is 361 g/mol. The molecule has 1 fully saturated rings. The number of aryl methyl sites for hydroxylation is 2. The number of rotatable bonds is 4. The molecule has 1 aliphatic heterocycles. The lowest BCUT2D eigenvalue weighted by molar-refractivity contribution is 0.0608. The summed E-state index contributed by atoms with van der Waals surface area (Å²) in [6.45, 7) is 3.70. The number of halogens is 1. The smallest absolute Gasteiger partial charge is 0.294 e. The van der Waals surface area contributed by atoms with Gasteiger partial charge in [0, 0.05) is 45.5 Å². The van der Waals surface area contributed by atoms with Crippen molar-refractivity contribution < 1.29 is 9.18 Å². The Kier molecular flexibility index (Phi) is 4.91. The van der Waals surface area contributed by atoms with Crippen LogP contribution in [0.1, 0.15) is 35.2 Å². The minimum atomic E-state index is -0.408. The van der Waals surface area contributed by atoms with E-state index in [0.717, 1.165) is 5.82 Å². The second-order valence-electron chi connectivity index (χ2n) is 6.68. The van der Waals surface area contributed by atoms with E-state index in [9.17, 15) is 9.18 Å². The van der Waals surface area contributed by atoms with Crippen molar-refractivity contribution in [3.63, 3.8) is 0 Å². The molecule has 1 aromatic carbocycles. The molecule has 1 saturated heterocycles. The van der Waals surface area contributed by atoms with Gasteiger partial charge in [-0.1, -0.05) is 19.1 Å². The Morgan fingerprint density at radius 2 is 2.18 bits per heavy atom. The monoisotopic (exact) mass is 383 g/mol. The first-order valence-electron chi connectivity index (χ1n) is 9.30. The quantitative estimate of drug-likeness (QED) is 0.738. The summed E-state index contributed by atoms with van der Waals surface area (Å²) in [7, 11) is 1.90. The fourth-order valence-corrected chi connectivity index (χ4v) is 3.48. The van der Waals surface area contributed by atoms with Crippen molar-refractivity contribution in [3.05, 3.63) is 59.9 Å². The summed E-state index contributed by atoms with van der Waals surface area (Å²) < 4.78 is 17.6. The first kappa shape index (κ1) is 18.3. The molecule has 1 aliphatic rings. The molecule has 0 spiro atoms. The van der Waals surface area contributed by atoms with Crippen molar-refractivity contribution in [1.29, 1.82) is 0 Å². The molecule has 1 unspecified atom stereocenters. The Bertz CT molecular complexity index is 996. The Morgan fingerprint density at radius 3 is 2.89 bits per heavy atom. The number of para-hydroxylation sites is 1. The predicted octanol–water partition coefficient (Wildman–Crippen LogP) is 1.49. The number of imidazole rings is 1. The van der Waals surface area contributed by atoms with Crippen LogP contribution in [-0.4, -0.2) is 54.8 Å². The van der Waals surface area contributed by atoms with Crippen molar-refractivity contribution in [3.8, 4) is 5.69 Å². The van der Waals surface area contributed by atoms with Gasteiger partial charge in [0.05, 0.1) is 0 Å². The summed E-state index contributed by atoms with van der Waals surface area (Å²) in [6.07, 6.45) is 4.10. The lowest BCUT2D eigenvalue weighted by atomic mass is 10.1. The van der Waals surface area contributed by atoms with Gasteiger partial charge in [-0.3, -0.25) is 4.79 Å². The average Bonchev–Trinajstić information content (AvgIpc) is 3.34. The van der Waals surface area contributed by atoms with Crippen molar-refractivity contribution >= 4 is 5.91 Å². The molecule has 146 valence electrons. The molecule has 0 saturated carbocycles. The fourth-order valence-electron chi connectivity index (χ4n) is 3.48. The average molecular weight is 383 g/mol. The second kappa shape index (κ2) is 7.51. The number of aromatic nitrogens is 5. The van der Waals surface area contributed by atoms with Gasteiger partial charge in [-0.15, -0.1) is 5.10 Å². The summed E-state index contributed by atoms with van der Waals surface area (Å²) in [5.41, 5.74) is 0.284. The highest BCUT2D eigenvalue weighted by Gasteiger charge is 2.33. The van der Waals surface area contributed by atoms with E-state index in [0.29, 0.717) is 31.9 Å². The van der Waals surface area contributed by atoms with Gasteiger partial charge in [-0.2, -0.15) is 0 Å². The number of nitrogens with zero attached hydrogens (tertiary/aromatic N) is 6. The maximum atomic E-state index is 14.2. The number of carbonyl (C=O) groups excluding carboxylic acids is 1. The summed E-state index contributed by atoms with van der Waals surface area (Å²) in [5.74, 6) is 0.719. The largest absolute Gasteiger partial charge is 0.336 e. The van der Waals surface area contributed by atoms with Crippen LogP contribution in [0.15, 0.2) is 36.7 Å². The zero-order valence-corrected chi connectivity index (χ0v) is 15.8. The summed E-state index contributed by atoms with van der Waals surface area (Å²) in [5, 5.41) is 7.66. The molecule has 28 heavy (non-hydrogen) atoms. The number of hydrogen-bond acceptors (Lipinski definition) is 5. The first-order valence-corrected chi connectivity index (χ1v) is 9.30. The molecule has 1 N–H and O–H groups in total. The SMILES string of the molecule is CCc1nc(C(=O)N2CCNCC2c2nccn2C)nn1-c1ccccc1F. The highest BCUT2D eigenvalue weighted by Crippen LogP contribution is 2.23. The number of nitrogens with one attached hydrogen (secondary N) is 1. The predicted molar refractivity (Wildman–Crippen MR) is 101 cm³/mol. The fraction of sp³-hybridized carbons (Fsp3) is 0.368. The van der Waals surface area contributed by atoms with Crippen molar-refractivity contribution in [2.45, 2.75) is 19.4 Å². The van der Waals surface area contributed by atoms with Gasteiger partial charge in [-0.05, 0) is 12.1 Å². The van der Waals surface area contributed by atoms with Crippen LogP contribution in [0.3, 0.4) is 0 Å². The van der Waals surface area contributed by atoms with Crippen LogP contribution in [0.4, 0.5) is 4.39 Å². The molecular formula is C19H22FN7O. The first-order chi connectivity index (χ1) is 13.6. The van der Waals surface area contributed by atoms with Crippen LogP contribution >= 0.6 is 0 Å². The van der Waals surface area contributed by atoms with Gasteiger partial charge in [0.15, 0.2) is 0 Å². The van der Waals surface area contributed by atoms with E-state index in [1.54, 1.807) is 29.3 Å². The van der Waals surface area contributed by atoms with Crippen LogP contribution in [0.5, 0.6) is 0 Å². The van der Waals surface area contributed by atoms with Crippen molar-refractivity contribution in [2.24, 2.45) is 7.05 Å².